The number of nitrogens with zero attached hydrogens (tertiary/aromatic N) is 2. The van der Waals surface area contributed by atoms with Crippen LogP contribution >= 0.6 is 0 Å². The zero-order valence-corrected chi connectivity index (χ0v) is 24.1. The highest BCUT2D eigenvalue weighted by atomic mass is 32.2. The zero-order chi connectivity index (χ0) is 29.5. The molecule has 8 nitrogen and oxygen atoms in total. The average molecular weight is 590 g/mol. The fourth-order valence-electron chi connectivity index (χ4n) is 4.64. The van der Waals surface area contributed by atoms with Crippen LogP contribution in [-0.2, 0) is 10.0 Å². The fraction of sp³-hybridized carbons (Fsp3) is 0.219. The Morgan fingerprint density at radius 1 is 0.905 bits per heavy atom. The second-order valence-corrected chi connectivity index (χ2v) is 11.7. The molecule has 4 aromatic carbocycles. The van der Waals surface area contributed by atoms with E-state index in [9.17, 15) is 12.8 Å². The number of methoxy groups -OCH3 is 1. The van der Waals surface area contributed by atoms with Crippen molar-refractivity contribution in [2.24, 2.45) is 0 Å². The number of hydrogen-bond acceptors (Lipinski definition) is 6. The van der Waals surface area contributed by atoms with Crippen LogP contribution < -0.4 is 18.9 Å². The van der Waals surface area contributed by atoms with Gasteiger partial charge in [0.15, 0.2) is 0 Å². The number of fused-ring (bicyclic) bond motifs is 1. The normalized spacial score (nSPS) is 13.0. The summed E-state index contributed by atoms with van der Waals surface area (Å²) >= 11 is 0. The van der Waals surface area contributed by atoms with Gasteiger partial charge in [-0.15, -0.1) is 0 Å². The number of hydrogen-bond donors (Lipinski definition) is 1. The molecule has 2 atom stereocenters. The molecule has 10 heteroatoms. The Hall–Kier alpha value is -4.41. The van der Waals surface area contributed by atoms with E-state index < -0.39 is 22.2 Å². The van der Waals surface area contributed by atoms with Crippen molar-refractivity contribution in [1.29, 1.82) is 0 Å². The van der Waals surface area contributed by atoms with Crippen LogP contribution in [0, 0.1) is 5.82 Å². The molecule has 1 heterocycles. The van der Waals surface area contributed by atoms with Crippen LogP contribution in [0.1, 0.15) is 25.0 Å². The van der Waals surface area contributed by atoms with Crippen molar-refractivity contribution in [1.82, 2.24) is 14.5 Å². The Bertz CT molecular complexity index is 1710. The van der Waals surface area contributed by atoms with E-state index in [0.717, 1.165) is 27.9 Å². The number of halogens is 1. The molecular weight excluding hydrogens is 557 g/mol. The average Bonchev–Trinajstić information content (AvgIpc) is 3.42. The molecular formula is C32H32FN3O5S. The van der Waals surface area contributed by atoms with E-state index in [1.165, 1.54) is 12.1 Å². The van der Waals surface area contributed by atoms with Gasteiger partial charge in [0, 0.05) is 5.39 Å². The lowest BCUT2D eigenvalue weighted by Gasteiger charge is -2.26. The molecule has 5 rings (SSSR count). The van der Waals surface area contributed by atoms with E-state index in [1.807, 2.05) is 48.5 Å². The summed E-state index contributed by atoms with van der Waals surface area (Å²) in [5.41, 5.74) is 2.40. The first-order valence-electron chi connectivity index (χ1n) is 13.5. The Balaban J connectivity index is 1.26. The Kier molecular flexibility index (Phi) is 9.04. The van der Waals surface area contributed by atoms with Gasteiger partial charge in [0.2, 0.25) is 10.0 Å². The molecule has 0 radical (unpaired) electrons. The first-order valence-corrected chi connectivity index (χ1v) is 15.2. The second-order valence-electron chi connectivity index (χ2n) is 9.81. The molecule has 1 N–H and O–H groups in total. The molecule has 0 saturated carbocycles. The topological polar surface area (TPSA) is 91.7 Å². The summed E-state index contributed by atoms with van der Waals surface area (Å²) in [6.07, 6.45) is 1.43. The van der Waals surface area contributed by atoms with Gasteiger partial charge in [-0.3, -0.25) is 0 Å². The number of benzene rings is 4. The zero-order valence-electron chi connectivity index (χ0n) is 23.3. The first-order chi connectivity index (χ1) is 20.3. The SMILES string of the molecule is COc1ccc(OCCCS(=O)(=O)N[C@@H](C)[C@H](Oc2ccc3c(cnn3-c3ccc(F)cc3)c2)c2ccccc2)cc1. The fourth-order valence-corrected chi connectivity index (χ4v) is 5.94. The summed E-state index contributed by atoms with van der Waals surface area (Å²) in [5.74, 6) is 1.52. The number of aromatic nitrogens is 2. The highest BCUT2D eigenvalue weighted by molar-refractivity contribution is 7.89. The molecule has 0 aliphatic rings. The maximum Gasteiger partial charge on any atom is 0.212 e. The van der Waals surface area contributed by atoms with Gasteiger partial charge < -0.3 is 14.2 Å². The summed E-state index contributed by atoms with van der Waals surface area (Å²) in [7, 11) is -2.04. The molecule has 0 fully saturated rings. The van der Waals surface area contributed by atoms with Gasteiger partial charge in [0.05, 0.1) is 42.9 Å². The Morgan fingerprint density at radius 3 is 2.31 bits per heavy atom. The molecule has 0 saturated heterocycles. The summed E-state index contributed by atoms with van der Waals surface area (Å²) in [6, 6.07) is 27.7. The first kappa shape index (κ1) is 29.1. The predicted octanol–water partition coefficient (Wildman–Crippen LogP) is 6.07. The molecule has 0 amide bonds. The smallest absolute Gasteiger partial charge is 0.212 e. The Labute approximate surface area is 244 Å². The van der Waals surface area contributed by atoms with Crippen LogP contribution in [0.15, 0.2) is 103 Å². The third-order valence-electron chi connectivity index (χ3n) is 6.71. The monoisotopic (exact) mass is 589 g/mol. The minimum Gasteiger partial charge on any atom is -0.497 e. The van der Waals surface area contributed by atoms with Gasteiger partial charge in [0.25, 0.3) is 0 Å². The molecule has 0 spiro atoms. The van der Waals surface area contributed by atoms with Crippen molar-refractivity contribution in [3.63, 3.8) is 0 Å². The molecule has 0 aliphatic carbocycles. The van der Waals surface area contributed by atoms with Crippen molar-refractivity contribution in [3.8, 4) is 22.9 Å². The number of sulfonamides is 1. The van der Waals surface area contributed by atoms with E-state index >= 15 is 0 Å². The number of rotatable bonds is 13. The van der Waals surface area contributed by atoms with Crippen molar-refractivity contribution >= 4 is 20.9 Å². The van der Waals surface area contributed by atoms with Crippen LogP contribution in [0.25, 0.3) is 16.6 Å². The minimum atomic E-state index is -3.63. The summed E-state index contributed by atoms with van der Waals surface area (Å²) < 4.78 is 61.1. The van der Waals surface area contributed by atoms with E-state index in [2.05, 4.69) is 9.82 Å². The van der Waals surface area contributed by atoms with Crippen LogP contribution in [0.3, 0.4) is 0 Å². The standard InChI is InChI=1S/C32H32FN3O5S/c1-23(35-42(37,38)20-6-19-40-29-15-13-28(39-2)14-16-29)32(24-7-4-3-5-8-24)41-30-17-18-31-25(21-30)22-34-36(31)27-11-9-26(33)10-12-27/h3-5,7-18,21-23,32,35H,6,19-20H2,1-2H3/t23-,32-/m0/s1. The van der Waals surface area contributed by atoms with Crippen LogP contribution in [-0.4, -0.2) is 43.7 Å². The third-order valence-corrected chi connectivity index (χ3v) is 8.26. The maximum atomic E-state index is 13.4. The van der Waals surface area contributed by atoms with Gasteiger partial charge in [-0.2, -0.15) is 5.10 Å². The lowest BCUT2D eigenvalue weighted by molar-refractivity contribution is 0.173. The molecule has 1 aromatic heterocycles. The molecule has 0 bridgehead atoms. The van der Waals surface area contributed by atoms with Crippen molar-refractivity contribution in [2.45, 2.75) is 25.5 Å². The molecule has 5 aromatic rings. The maximum absolute atomic E-state index is 13.4. The minimum absolute atomic E-state index is 0.0937. The van der Waals surface area contributed by atoms with E-state index in [0.29, 0.717) is 17.9 Å². The lowest BCUT2D eigenvalue weighted by Crippen LogP contribution is -2.40. The van der Waals surface area contributed by atoms with Crippen LogP contribution in [0.2, 0.25) is 0 Å². The lowest BCUT2D eigenvalue weighted by atomic mass is 10.0. The van der Waals surface area contributed by atoms with Gasteiger partial charge in [-0.25, -0.2) is 22.2 Å². The van der Waals surface area contributed by atoms with Crippen molar-refractivity contribution in [2.75, 3.05) is 19.5 Å². The largest absolute Gasteiger partial charge is 0.497 e. The van der Waals surface area contributed by atoms with Gasteiger partial charge in [-0.1, -0.05) is 30.3 Å². The number of ether oxygens (including phenoxy) is 3. The molecule has 218 valence electrons. The highest BCUT2D eigenvalue weighted by Crippen LogP contribution is 2.29. The van der Waals surface area contributed by atoms with E-state index in [4.69, 9.17) is 14.2 Å². The number of nitrogens with one attached hydrogen (secondary N) is 1. The van der Waals surface area contributed by atoms with E-state index in [-0.39, 0.29) is 18.2 Å². The molecule has 42 heavy (non-hydrogen) atoms. The molecule has 0 unspecified atom stereocenters. The van der Waals surface area contributed by atoms with Gasteiger partial charge in [0.1, 0.15) is 29.2 Å². The summed E-state index contributed by atoms with van der Waals surface area (Å²) in [4.78, 5) is 0. The highest BCUT2D eigenvalue weighted by Gasteiger charge is 2.26. The van der Waals surface area contributed by atoms with E-state index in [1.54, 1.807) is 61.3 Å². The van der Waals surface area contributed by atoms with Crippen molar-refractivity contribution < 1.29 is 27.0 Å². The van der Waals surface area contributed by atoms with Crippen LogP contribution in [0.4, 0.5) is 4.39 Å². The summed E-state index contributed by atoms with van der Waals surface area (Å²) in [6.45, 7) is 2.04. The quantitative estimate of drug-likeness (QED) is 0.168. The van der Waals surface area contributed by atoms with Gasteiger partial charge >= 0.3 is 0 Å². The summed E-state index contributed by atoms with van der Waals surface area (Å²) in [5, 5.41) is 5.28. The molecule has 0 aliphatic heterocycles. The predicted molar refractivity (Wildman–Crippen MR) is 160 cm³/mol. The van der Waals surface area contributed by atoms with Crippen molar-refractivity contribution in [3.05, 3.63) is 115 Å². The third kappa shape index (κ3) is 7.26. The Morgan fingerprint density at radius 2 is 1.60 bits per heavy atom. The van der Waals surface area contributed by atoms with Crippen LogP contribution in [0.5, 0.6) is 17.2 Å². The van der Waals surface area contributed by atoms with Gasteiger partial charge in [-0.05, 0) is 85.6 Å². The second kappa shape index (κ2) is 13.1.